The van der Waals surface area contributed by atoms with E-state index < -0.39 is 23.7 Å². The van der Waals surface area contributed by atoms with Crippen LogP contribution in [-0.4, -0.2) is 11.1 Å². The molecule has 90 valence electrons. The average molecular weight is 248 g/mol. The molecule has 0 spiro atoms. The number of aliphatic carboxylic acids is 1. The van der Waals surface area contributed by atoms with Gasteiger partial charge in [0.15, 0.2) is 0 Å². The van der Waals surface area contributed by atoms with Crippen molar-refractivity contribution in [3.05, 3.63) is 21.9 Å². The predicted molar refractivity (Wildman–Crippen MR) is 59.0 cm³/mol. The number of carboxylic acid groups (broad SMARTS) is 1. The number of halogens is 2. The molecule has 0 amide bonds. The largest absolute Gasteiger partial charge is 0.481 e. The van der Waals surface area contributed by atoms with E-state index in [4.69, 9.17) is 5.11 Å². The molecule has 0 saturated carbocycles. The summed E-state index contributed by atoms with van der Waals surface area (Å²) in [5, 5.41) is 10.4. The van der Waals surface area contributed by atoms with Gasteiger partial charge in [-0.05, 0) is 37.8 Å². The normalized spacial score (nSPS) is 12.8. The highest BCUT2D eigenvalue weighted by molar-refractivity contribution is 7.10. The zero-order chi connectivity index (χ0) is 12.6. The van der Waals surface area contributed by atoms with Crippen molar-refractivity contribution in [2.24, 2.45) is 5.41 Å². The van der Waals surface area contributed by atoms with E-state index in [0.29, 0.717) is 5.56 Å². The molecule has 0 saturated heterocycles. The van der Waals surface area contributed by atoms with Crippen molar-refractivity contribution in [1.82, 2.24) is 0 Å². The maximum Gasteiger partial charge on any atom is 0.309 e. The Morgan fingerprint density at radius 3 is 2.44 bits per heavy atom. The number of thiophene rings is 1. The summed E-state index contributed by atoms with van der Waals surface area (Å²) < 4.78 is 27.7. The van der Waals surface area contributed by atoms with Gasteiger partial charge in [-0.15, -0.1) is 11.3 Å². The monoisotopic (exact) mass is 248 g/mol. The van der Waals surface area contributed by atoms with Gasteiger partial charge in [0.2, 0.25) is 0 Å². The van der Waals surface area contributed by atoms with Crippen LogP contribution in [0.3, 0.4) is 0 Å². The number of aryl methyl sites for hydroxylation is 1. The molecule has 2 nitrogen and oxygen atoms in total. The summed E-state index contributed by atoms with van der Waals surface area (Å²) in [6.45, 7) is 4.23. The average Bonchev–Trinajstić information content (AvgIpc) is 2.49. The molecule has 0 aliphatic heterocycles. The third-order valence-corrected chi connectivity index (χ3v) is 3.57. The molecule has 5 heteroatoms. The van der Waals surface area contributed by atoms with Gasteiger partial charge in [-0.2, -0.15) is 0 Å². The van der Waals surface area contributed by atoms with Gasteiger partial charge in [-0.3, -0.25) is 4.79 Å². The van der Waals surface area contributed by atoms with Crippen LogP contribution in [0.1, 0.15) is 30.7 Å². The molecular weight excluding hydrogens is 234 g/mol. The van der Waals surface area contributed by atoms with Crippen LogP contribution in [0.5, 0.6) is 0 Å². The third-order valence-electron chi connectivity index (χ3n) is 2.44. The number of alkyl halides is 2. The second-order valence-electron chi connectivity index (χ2n) is 4.50. The first-order valence-electron chi connectivity index (χ1n) is 4.82. The van der Waals surface area contributed by atoms with Gasteiger partial charge in [-0.1, -0.05) is 0 Å². The van der Waals surface area contributed by atoms with Crippen LogP contribution in [0.2, 0.25) is 0 Å². The lowest BCUT2D eigenvalue weighted by molar-refractivity contribution is -0.153. The van der Waals surface area contributed by atoms with Crippen molar-refractivity contribution >= 4 is 17.3 Å². The highest BCUT2D eigenvalue weighted by Gasteiger charge is 2.43. The summed E-state index contributed by atoms with van der Waals surface area (Å²) in [6, 6.07) is 1.61. The van der Waals surface area contributed by atoms with E-state index in [9.17, 15) is 13.6 Å². The zero-order valence-electron chi connectivity index (χ0n) is 9.38. The Morgan fingerprint density at radius 2 is 2.06 bits per heavy atom. The zero-order valence-corrected chi connectivity index (χ0v) is 10.2. The molecule has 0 fully saturated rings. The van der Waals surface area contributed by atoms with Crippen molar-refractivity contribution < 1.29 is 18.7 Å². The molecular formula is C11H14F2O2S. The SMILES string of the molecule is Cc1ccsc1C(F)(F)CC(C)(C)C(=O)O. The van der Waals surface area contributed by atoms with Gasteiger partial charge in [0.1, 0.15) is 0 Å². The highest BCUT2D eigenvalue weighted by Crippen LogP contribution is 2.43. The third kappa shape index (κ3) is 2.58. The van der Waals surface area contributed by atoms with Crippen LogP contribution in [0.15, 0.2) is 11.4 Å². The minimum Gasteiger partial charge on any atom is -0.481 e. The van der Waals surface area contributed by atoms with Crippen molar-refractivity contribution in [3.8, 4) is 0 Å². The molecule has 1 aromatic heterocycles. The van der Waals surface area contributed by atoms with Crippen LogP contribution in [0.25, 0.3) is 0 Å². The number of carbonyl (C=O) groups is 1. The van der Waals surface area contributed by atoms with Gasteiger partial charge in [-0.25, -0.2) is 8.78 Å². The number of carboxylic acids is 1. The van der Waals surface area contributed by atoms with Gasteiger partial charge in [0, 0.05) is 6.42 Å². The Balaban J connectivity index is 2.96. The van der Waals surface area contributed by atoms with E-state index in [0.717, 1.165) is 11.3 Å². The summed E-state index contributed by atoms with van der Waals surface area (Å²) in [4.78, 5) is 10.8. The van der Waals surface area contributed by atoms with Gasteiger partial charge in [0.05, 0.1) is 10.3 Å². The van der Waals surface area contributed by atoms with Crippen LogP contribution >= 0.6 is 11.3 Å². The van der Waals surface area contributed by atoms with Crippen LogP contribution in [0, 0.1) is 12.3 Å². The standard InChI is InChI=1S/C11H14F2O2S/c1-7-4-5-16-8(7)11(12,13)6-10(2,3)9(14)15/h4-5H,6H2,1-3H3,(H,14,15). The number of hydrogen-bond acceptors (Lipinski definition) is 2. The Morgan fingerprint density at radius 1 is 1.50 bits per heavy atom. The second-order valence-corrected chi connectivity index (χ2v) is 5.42. The fourth-order valence-corrected chi connectivity index (χ4v) is 2.37. The molecule has 1 aromatic rings. The molecule has 0 radical (unpaired) electrons. The summed E-state index contributed by atoms with van der Waals surface area (Å²) in [5.41, 5.74) is -0.920. The fourth-order valence-electron chi connectivity index (χ4n) is 1.46. The Bertz CT molecular complexity index is 396. The molecule has 1 heterocycles. The van der Waals surface area contributed by atoms with E-state index in [1.165, 1.54) is 13.8 Å². The van der Waals surface area contributed by atoms with Crippen LogP contribution < -0.4 is 0 Å². The van der Waals surface area contributed by atoms with Gasteiger partial charge in [0.25, 0.3) is 5.92 Å². The highest BCUT2D eigenvalue weighted by atomic mass is 32.1. The molecule has 0 bridgehead atoms. The van der Waals surface area contributed by atoms with Crippen LogP contribution in [0.4, 0.5) is 8.78 Å². The second kappa shape index (κ2) is 4.13. The molecule has 1 N–H and O–H groups in total. The minimum absolute atomic E-state index is 0.0400. The van der Waals surface area contributed by atoms with Crippen molar-refractivity contribution in [1.29, 1.82) is 0 Å². The molecule has 0 atom stereocenters. The van der Waals surface area contributed by atoms with E-state index in [2.05, 4.69) is 0 Å². The maximum absolute atomic E-state index is 13.9. The predicted octanol–water partition coefficient (Wildman–Crippen LogP) is 3.65. The van der Waals surface area contributed by atoms with Crippen molar-refractivity contribution in [3.63, 3.8) is 0 Å². The number of hydrogen-bond donors (Lipinski definition) is 1. The lowest BCUT2D eigenvalue weighted by Crippen LogP contribution is -2.31. The lowest BCUT2D eigenvalue weighted by atomic mass is 9.85. The van der Waals surface area contributed by atoms with E-state index in [1.54, 1.807) is 18.4 Å². The topological polar surface area (TPSA) is 37.3 Å². The summed E-state index contributed by atoms with van der Waals surface area (Å²) in [6.07, 6.45) is -0.684. The quantitative estimate of drug-likeness (QED) is 0.883. The van der Waals surface area contributed by atoms with E-state index in [1.807, 2.05) is 0 Å². The molecule has 16 heavy (non-hydrogen) atoms. The minimum atomic E-state index is -3.08. The molecule has 0 aliphatic carbocycles. The number of rotatable bonds is 4. The van der Waals surface area contributed by atoms with Crippen LogP contribution in [-0.2, 0) is 10.7 Å². The summed E-state index contributed by atoms with van der Waals surface area (Å²) in [5.74, 6) is -4.29. The molecule has 0 aliphatic rings. The molecule has 0 aromatic carbocycles. The Kier molecular flexibility index (Phi) is 3.38. The maximum atomic E-state index is 13.9. The summed E-state index contributed by atoms with van der Waals surface area (Å²) >= 11 is 0.966. The lowest BCUT2D eigenvalue weighted by Gasteiger charge is -2.25. The van der Waals surface area contributed by atoms with Crippen molar-refractivity contribution in [2.75, 3.05) is 0 Å². The first-order valence-corrected chi connectivity index (χ1v) is 5.70. The van der Waals surface area contributed by atoms with Crippen molar-refractivity contribution in [2.45, 2.75) is 33.1 Å². The fraction of sp³-hybridized carbons (Fsp3) is 0.545. The Labute approximate surface area is 96.9 Å². The summed E-state index contributed by atoms with van der Waals surface area (Å²) in [7, 11) is 0. The molecule has 1 rings (SSSR count). The van der Waals surface area contributed by atoms with E-state index >= 15 is 0 Å². The van der Waals surface area contributed by atoms with Gasteiger partial charge >= 0.3 is 5.97 Å². The van der Waals surface area contributed by atoms with E-state index in [-0.39, 0.29) is 4.88 Å². The molecule has 0 unspecified atom stereocenters. The smallest absolute Gasteiger partial charge is 0.309 e. The Hall–Kier alpha value is -0.970. The van der Waals surface area contributed by atoms with Gasteiger partial charge < -0.3 is 5.11 Å². The first-order chi connectivity index (χ1) is 7.17. The first kappa shape index (κ1) is 13.1.